The zero-order chi connectivity index (χ0) is 9.19. The van der Waals surface area contributed by atoms with Crippen LogP contribution in [0.2, 0.25) is 0 Å². The third kappa shape index (κ3) is 2.64. The molecule has 0 spiro atoms. The minimum absolute atomic E-state index is 0.240. The molecule has 0 radical (unpaired) electrons. The van der Waals surface area contributed by atoms with Gasteiger partial charge in [-0.1, -0.05) is 0 Å². The molecule has 1 heterocycles. The molecule has 0 aliphatic carbocycles. The maximum atomic E-state index is 10.1. The predicted molar refractivity (Wildman–Crippen MR) is 41.7 cm³/mol. The summed E-state index contributed by atoms with van der Waals surface area (Å²) in [4.78, 5) is 10.1. The molecule has 68 valence electrons. The van der Waals surface area contributed by atoms with Crippen molar-refractivity contribution in [3.8, 4) is 0 Å². The molecule has 12 heavy (non-hydrogen) atoms. The number of rotatable bonds is 2. The number of carbonyl (C=O) groups is 1. The Morgan fingerprint density at radius 2 is 2.33 bits per heavy atom. The lowest BCUT2D eigenvalue weighted by atomic mass is 10.3. The summed E-state index contributed by atoms with van der Waals surface area (Å²) >= 11 is 0. The number of carboxylic acid groups (broad SMARTS) is 1. The molecule has 1 N–H and O–H groups in total. The van der Waals surface area contributed by atoms with E-state index in [0.29, 0.717) is 6.61 Å². The Kier molecular flexibility index (Phi) is 2.49. The van der Waals surface area contributed by atoms with Crippen LogP contribution in [0.5, 0.6) is 0 Å². The molecule has 1 rings (SSSR count). The second kappa shape index (κ2) is 3.25. The quantitative estimate of drug-likeness (QED) is 0.625. The fraction of sp³-hybridized carbons (Fsp3) is 0.625. The van der Waals surface area contributed by atoms with Crippen molar-refractivity contribution in [1.82, 2.24) is 0 Å². The average Bonchev–Trinajstić information content (AvgIpc) is 2.26. The Morgan fingerprint density at radius 3 is 2.75 bits per heavy atom. The third-order valence-electron chi connectivity index (χ3n) is 1.48. The predicted octanol–water partition coefficient (Wildman–Crippen LogP) is 0.779. The molecule has 0 aromatic carbocycles. The van der Waals surface area contributed by atoms with E-state index in [4.69, 9.17) is 14.6 Å². The Bertz CT molecular complexity index is 207. The largest absolute Gasteiger partial charge is 0.478 e. The van der Waals surface area contributed by atoms with Gasteiger partial charge in [0.15, 0.2) is 5.79 Å². The van der Waals surface area contributed by atoms with Crippen molar-refractivity contribution >= 4 is 5.97 Å². The summed E-state index contributed by atoms with van der Waals surface area (Å²) in [6.45, 7) is 4.00. The van der Waals surface area contributed by atoms with Gasteiger partial charge in [0.25, 0.3) is 0 Å². The SMILES string of the molecule is CC1(C)OC[C@H](/C=C/C(=O)O)O1. The standard InChI is InChI=1S/C8H12O4/c1-8(2)11-5-6(12-8)3-4-7(9)10/h3-4,6H,5H2,1-2H3,(H,9,10)/b4-3+/t6-/m0/s1. The van der Waals surface area contributed by atoms with Crippen molar-refractivity contribution < 1.29 is 19.4 Å². The highest BCUT2D eigenvalue weighted by Gasteiger charge is 2.30. The Balaban J connectivity index is 2.43. The zero-order valence-corrected chi connectivity index (χ0v) is 7.11. The second-order valence-corrected chi connectivity index (χ2v) is 3.06. The van der Waals surface area contributed by atoms with E-state index in [9.17, 15) is 4.79 Å². The number of aliphatic carboxylic acids is 1. The number of carboxylic acids is 1. The maximum absolute atomic E-state index is 10.1. The van der Waals surface area contributed by atoms with E-state index in [1.54, 1.807) is 13.8 Å². The van der Waals surface area contributed by atoms with Crippen LogP contribution >= 0.6 is 0 Å². The summed E-state index contributed by atoms with van der Waals surface area (Å²) < 4.78 is 10.5. The Hall–Kier alpha value is -0.870. The first-order chi connectivity index (χ1) is 5.49. The van der Waals surface area contributed by atoms with Crippen LogP contribution in [0.3, 0.4) is 0 Å². The van der Waals surface area contributed by atoms with Crippen molar-refractivity contribution in [2.45, 2.75) is 25.7 Å². The van der Waals surface area contributed by atoms with Gasteiger partial charge in [-0.25, -0.2) is 4.79 Å². The molecule has 1 aliphatic rings. The Morgan fingerprint density at radius 1 is 1.67 bits per heavy atom. The topological polar surface area (TPSA) is 55.8 Å². The first-order valence-corrected chi connectivity index (χ1v) is 3.72. The monoisotopic (exact) mass is 172 g/mol. The van der Waals surface area contributed by atoms with Gasteiger partial charge >= 0.3 is 5.97 Å². The fourth-order valence-electron chi connectivity index (χ4n) is 1.000. The molecule has 1 saturated heterocycles. The minimum atomic E-state index is -0.969. The molecule has 1 aliphatic heterocycles. The summed E-state index contributed by atoms with van der Waals surface area (Å²) in [5.41, 5.74) is 0. The van der Waals surface area contributed by atoms with Crippen LogP contribution in [0.1, 0.15) is 13.8 Å². The summed E-state index contributed by atoms with van der Waals surface area (Å²) in [5, 5.41) is 8.32. The highest BCUT2D eigenvalue weighted by molar-refractivity contribution is 5.79. The summed E-state index contributed by atoms with van der Waals surface area (Å²) in [6.07, 6.45) is 2.31. The number of hydrogen-bond donors (Lipinski definition) is 1. The van der Waals surface area contributed by atoms with Crippen LogP contribution in [-0.2, 0) is 14.3 Å². The third-order valence-corrected chi connectivity index (χ3v) is 1.48. The number of ether oxygens (including phenoxy) is 2. The van der Waals surface area contributed by atoms with Crippen LogP contribution in [0.25, 0.3) is 0 Å². The van der Waals surface area contributed by atoms with Gasteiger partial charge in [0, 0.05) is 6.08 Å². The molecular weight excluding hydrogens is 160 g/mol. The second-order valence-electron chi connectivity index (χ2n) is 3.06. The van der Waals surface area contributed by atoms with Crippen molar-refractivity contribution in [3.63, 3.8) is 0 Å². The Labute approximate surface area is 70.8 Å². The van der Waals surface area contributed by atoms with Crippen molar-refractivity contribution in [2.24, 2.45) is 0 Å². The van der Waals surface area contributed by atoms with Crippen molar-refractivity contribution in [3.05, 3.63) is 12.2 Å². The first kappa shape index (κ1) is 9.22. The molecule has 0 saturated carbocycles. The lowest BCUT2D eigenvalue weighted by molar-refractivity contribution is -0.134. The molecule has 4 heteroatoms. The smallest absolute Gasteiger partial charge is 0.328 e. The van der Waals surface area contributed by atoms with E-state index < -0.39 is 11.8 Å². The highest BCUT2D eigenvalue weighted by atomic mass is 16.7. The van der Waals surface area contributed by atoms with E-state index in [1.807, 2.05) is 0 Å². The summed E-state index contributed by atoms with van der Waals surface area (Å²) in [7, 11) is 0. The van der Waals surface area contributed by atoms with Gasteiger partial charge in [-0.15, -0.1) is 0 Å². The molecule has 0 bridgehead atoms. The van der Waals surface area contributed by atoms with Gasteiger partial charge < -0.3 is 14.6 Å². The van der Waals surface area contributed by atoms with Crippen LogP contribution < -0.4 is 0 Å². The van der Waals surface area contributed by atoms with Gasteiger partial charge in [0.2, 0.25) is 0 Å². The lowest BCUT2D eigenvalue weighted by Gasteiger charge is -2.15. The van der Waals surface area contributed by atoms with Crippen LogP contribution in [0.15, 0.2) is 12.2 Å². The summed E-state index contributed by atoms with van der Waals surface area (Å²) in [5.74, 6) is -1.56. The molecule has 0 aromatic rings. The maximum Gasteiger partial charge on any atom is 0.328 e. The zero-order valence-electron chi connectivity index (χ0n) is 7.11. The van der Waals surface area contributed by atoms with E-state index in [-0.39, 0.29) is 6.10 Å². The lowest BCUT2D eigenvalue weighted by Crippen LogP contribution is -2.20. The first-order valence-electron chi connectivity index (χ1n) is 3.72. The van der Waals surface area contributed by atoms with Gasteiger partial charge in [-0.2, -0.15) is 0 Å². The highest BCUT2D eigenvalue weighted by Crippen LogP contribution is 2.22. The molecule has 0 amide bonds. The summed E-state index contributed by atoms with van der Waals surface area (Å²) in [6, 6.07) is 0. The fourth-order valence-corrected chi connectivity index (χ4v) is 1.000. The van der Waals surface area contributed by atoms with Gasteiger partial charge in [-0.3, -0.25) is 0 Å². The van der Waals surface area contributed by atoms with E-state index in [2.05, 4.69) is 0 Å². The van der Waals surface area contributed by atoms with Gasteiger partial charge in [-0.05, 0) is 19.9 Å². The van der Waals surface area contributed by atoms with Crippen molar-refractivity contribution in [1.29, 1.82) is 0 Å². The normalized spacial score (nSPS) is 28.0. The van der Waals surface area contributed by atoms with Crippen molar-refractivity contribution in [2.75, 3.05) is 6.61 Å². The molecule has 4 nitrogen and oxygen atoms in total. The molecule has 1 atom stereocenters. The minimum Gasteiger partial charge on any atom is -0.478 e. The van der Waals surface area contributed by atoms with Crippen LogP contribution in [0.4, 0.5) is 0 Å². The average molecular weight is 172 g/mol. The van der Waals surface area contributed by atoms with E-state index in [1.165, 1.54) is 6.08 Å². The van der Waals surface area contributed by atoms with E-state index in [0.717, 1.165) is 6.08 Å². The molecule has 0 unspecified atom stereocenters. The molecule has 1 fully saturated rings. The van der Waals surface area contributed by atoms with Crippen LogP contribution in [-0.4, -0.2) is 29.6 Å². The molecular formula is C8H12O4. The van der Waals surface area contributed by atoms with Gasteiger partial charge in [0.05, 0.1) is 6.61 Å². The van der Waals surface area contributed by atoms with Gasteiger partial charge in [0.1, 0.15) is 6.10 Å². The molecule has 0 aromatic heterocycles. The number of hydrogen-bond acceptors (Lipinski definition) is 3. The van der Waals surface area contributed by atoms with Crippen LogP contribution in [0, 0.1) is 0 Å². The van der Waals surface area contributed by atoms with E-state index >= 15 is 0 Å².